The average Bonchev–Trinajstić information content (AvgIpc) is 2.68. The van der Waals surface area contributed by atoms with Crippen LogP contribution in [0.2, 0.25) is 5.02 Å². The Morgan fingerprint density at radius 3 is 2.50 bits per heavy atom. The lowest BCUT2D eigenvalue weighted by Gasteiger charge is -2.12. The molecule has 4 nitrogen and oxygen atoms in total. The van der Waals surface area contributed by atoms with Gasteiger partial charge < -0.3 is 15.2 Å². The molecule has 0 fully saturated rings. The fourth-order valence-corrected chi connectivity index (χ4v) is 2.73. The SMILES string of the molecule is COc1cc(OCc2ccccc2)ccc1C(=O)c1cc(Cl)ccc1N. The molecule has 3 rings (SSSR count). The van der Waals surface area contributed by atoms with Gasteiger partial charge in [-0.3, -0.25) is 4.79 Å². The summed E-state index contributed by atoms with van der Waals surface area (Å²) in [5.74, 6) is 0.776. The van der Waals surface area contributed by atoms with Crippen LogP contribution in [0.5, 0.6) is 11.5 Å². The summed E-state index contributed by atoms with van der Waals surface area (Å²) < 4.78 is 11.2. The predicted molar refractivity (Wildman–Crippen MR) is 103 cm³/mol. The lowest BCUT2D eigenvalue weighted by atomic mass is 10.0. The van der Waals surface area contributed by atoms with Crippen molar-refractivity contribution in [2.75, 3.05) is 12.8 Å². The maximum Gasteiger partial charge on any atom is 0.198 e. The van der Waals surface area contributed by atoms with Crippen LogP contribution in [0.3, 0.4) is 0 Å². The number of carbonyl (C=O) groups excluding carboxylic acids is 1. The molecule has 0 saturated heterocycles. The van der Waals surface area contributed by atoms with Crippen LogP contribution >= 0.6 is 11.6 Å². The van der Waals surface area contributed by atoms with E-state index in [9.17, 15) is 4.79 Å². The number of halogens is 1. The number of rotatable bonds is 6. The first kappa shape index (κ1) is 17.8. The van der Waals surface area contributed by atoms with Gasteiger partial charge in [0.05, 0.1) is 12.7 Å². The number of carbonyl (C=O) groups is 1. The lowest BCUT2D eigenvalue weighted by molar-refractivity contribution is 0.103. The smallest absolute Gasteiger partial charge is 0.198 e. The summed E-state index contributed by atoms with van der Waals surface area (Å²) >= 11 is 5.99. The first-order valence-corrected chi connectivity index (χ1v) is 8.41. The summed E-state index contributed by atoms with van der Waals surface area (Å²) in [4.78, 5) is 12.8. The number of methoxy groups -OCH3 is 1. The third-order valence-electron chi connectivity index (χ3n) is 3.93. The van der Waals surface area contributed by atoms with Crippen molar-refractivity contribution in [3.8, 4) is 11.5 Å². The molecule has 0 amide bonds. The molecule has 0 aliphatic heterocycles. The third-order valence-corrected chi connectivity index (χ3v) is 4.16. The van der Waals surface area contributed by atoms with Crippen molar-refractivity contribution in [1.29, 1.82) is 0 Å². The van der Waals surface area contributed by atoms with Gasteiger partial charge in [0, 0.05) is 22.3 Å². The number of anilines is 1. The number of hydrogen-bond acceptors (Lipinski definition) is 4. The quantitative estimate of drug-likeness (QED) is 0.505. The molecular weight excluding hydrogens is 350 g/mol. The molecule has 0 saturated carbocycles. The van der Waals surface area contributed by atoms with Crippen molar-refractivity contribution in [2.45, 2.75) is 6.61 Å². The number of benzene rings is 3. The molecule has 132 valence electrons. The largest absolute Gasteiger partial charge is 0.496 e. The molecule has 0 atom stereocenters. The minimum Gasteiger partial charge on any atom is -0.496 e. The molecule has 5 heteroatoms. The highest BCUT2D eigenvalue weighted by Crippen LogP contribution is 2.29. The number of ketones is 1. The van der Waals surface area contributed by atoms with Gasteiger partial charge in [0.15, 0.2) is 5.78 Å². The van der Waals surface area contributed by atoms with Gasteiger partial charge in [-0.1, -0.05) is 41.9 Å². The van der Waals surface area contributed by atoms with E-state index in [0.29, 0.717) is 39.9 Å². The van der Waals surface area contributed by atoms with E-state index < -0.39 is 0 Å². The highest BCUT2D eigenvalue weighted by molar-refractivity contribution is 6.31. The van der Waals surface area contributed by atoms with Gasteiger partial charge in [-0.15, -0.1) is 0 Å². The highest BCUT2D eigenvalue weighted by Gasteiger charge is 2.18. The summed E-state index contributed by atoms with van der Waals surface area (Å²) in [6.07, 6.45) is 0. The Morgan fingerprint density at radius 2 is 1.77 bits per heavy atom. The maximum absolute atomic E-state index is 12.8. The Bertz CT molecular complexity index is 926. The van der Waals surface area contributed by atoms with E-state index >= 15 is 0 Å². The third kappa shape index (κ3) is 3.98. The molecule has 0 aliphatic carbocycles. The van der Waals surface area contributed by atoms with E-state index in [4.69, 9.17) is 26.8 Å². The van der Waals surface area contributed by atoms with Crippen molar-refractivity contribution in [3.63, 3.8) is 0 Å². The van der Waals surface area contributed by atoms with Crippen LogP contribution in [0.15, 0.2) is 66.7 Å². The van der Waals surface area contributed by atoms with Crippen molar-refractivity contribution in [1.82, 2.24) is 0 Å². The number of hydrogen-bond donors (Lipinski definition) is 1. The first-order valence-electron chi connectivity index (χ1n) is 8.03. The summed E-state index contributed by atoms with van der Waals surface area (Å²) in [6, 6.07) is 19.7. The Morgan fingerprint density at radius 1 is 1.00 bits per heavy atom. The molecular formula is C21H18ClNO3. The molecule has 0 radical (unpaired) electrons. The predicted octanol–water partition coefficient (Wildman–Crippen LogP) is 4.74. The minimum atomic E-state index is -0.253. The van der Waals surface area contributed by atoms with Gasteiger partial charge in [0.2, 0.25) is 0 Å². The van der Waals surface area contributed by atoms with E-state index in [0.717, 1.165) is 5.56 Å². The number of nitrogen functional groups attached to an aromatic ring is 1. The fraction of sp³-hybridized carbons (Fsp3) is 0.0952. The van der Waals surface area contributed by atoms with Crippen LogP contribution in [0, 0.1) is 0 Å². The number of nitrogens with two attached hydrogens (primary N) is 1. The Balaban J connectivity index is 1.84. The summed E-state index contributed by atoms with van der Waals surface area (Å²) in [7, 11) is 1.51. The molecule has 0 spiro atoms. The molecule has 3 aromatic carbocycles. The van der Waals surface area contributed by atoms with Crippen LogP contribution in [-0.2, 0) is 6.61 Å². The summed E-state index contributed by atoms with van der Waals surface area (Å²) in [5, 5.41) is 0.448. The van der Waals surface area contributed by atoms with Crippen LogP contribution in [0.25, 0.3) is 0 Å². The van der Waals surface area contributed by atoms with E-state index in [2.05, 4.69) is 0 Å². The highest BCUT2D eigenvalue weighted by atomic mass is 35.5. The fourth-order valence-electron chi connectivity index (χ4n) is 2.56. The standard InChI is InChI=1S/C21H18ClNO3/c1-25-20-12-16(26-13-14-5-3-2-4-6-14)8-9-17(20)21(24)18-11-15(22)7-10-19(18)23/h2-12H,13,23H2,1H3. The summed E-state index contributed by atoms with van der Waals surface area (Å²) in [6.45, 7) is 0.429. The summed E-state index contributed by atoms with van der Waals surface area (Å²) in [5.41, 5.74) is 8.08. The molecule has 0 bridgehead atoms. The molecule has 26 heavy (non-hydrogen) atoms. The van der Waals surface area contributed by atoms with Gasteiger partial charge >= 0.3 is 0 Å². The Labute approximate surface area is 157 Å². The van der Waals surface area contributed by atoms with E-state index in [-0.39, 0.29) is 5.78 Å². The number of ether oxygens (including phenoxy) is 2. The molecule has 0 unspecified atom stereocenters. The van der Waals surface area contributed by atoms with E-state index in [1.165, 1.54) is 7.11 Å². The molecule has 0 heterocycles. The zero-order chi connectivity index (χ0) is 18.5. The monoisotopic (exact) mass is 367 g/mol. The molecule has 0 aromatic heterocycles. The van der Waals surface area contributed by atoms with Crippen molar-refractivity contribution in [3.05, 3.63) is 88.4 Å². The Hall–Kier alpha value is -2.98. The lowest BCUT2D eigenvalue weighted by Crippen LogP contribution is -2.07. The zero-order valence-corrected chi connectivity index (χ0v) is 15.0. The maximum atomic E-state index is 12.8. The minimum absolute atomic E-state index is 0.253. The van der Waals surface area contributed by atoms with Crippen molar-refractivity contribution < 1.29 is 14.3 Å². The van der Waals surface area contributed by atoms with Gasteiger partial charge in [-0.05, 0) is 35.9 Å². The van der Waals surface area contributed by atoms with E-state index in [1.54, 1.807) is 36.4 Å². The van der Waals surface area contributed by atoms with Crippen LogP contribution < -0.4 is 15.2 Å². The second-order valence-electron chi connectivity index (χ2n) is 5.70. The second-order valence-corrected chi connectivity index (χ2v) is 6.13. The zero-order valence-electron chi connectivity index (χ0n) is 14.2. The van der Waals surface area contributed by atoms with Gasteiger partial charge in [0.1, 0.15) is 18.1 Å². The molecule has 2 N–H and O–H groups in total. The normalized spacial score (nSPS) is 10.4. The molecule has 3 aromatic rings. The topological polar surface area (TPSA) is 61.5 Å². The van der Waals surface area contributed by atoms with E-state index in [1.807, 2.05) is 30.3 Å². The Kier molecular flexibility index (Phi) is 5.44. The molecule has 0 aliphatic rings. The van der Waals surface area contributed by atoms with Crippen molar-refractivity contribution in [2.24, 2.45) is 0 Å². The first-order chi connectivity index (χ1) is 12.6. The van der Waals surface area contributed by atoms with Crippen LogP contribution in [0.1, 0.15) is 21.5 Å². The van der Waals surface area contributed by atoms with Gasteiger partial charge in [0.25, 0.3) is 0 Å². The van der Waals surface area contributed by atoms with Crippen LogP contribution in [-0.4, -0.2) is 12.9 Å². The average molecular weight is 368 g/mol. The second kappa shape index (κ2) is 7.93. The van der Waals surface area contributed by atoms with Gasteiger partial charge in [-0.25, -0.2) is 0 Å². The van der Waals surface area contributed by atoms with Crippen molar-refractivity contribution >= 4 is 23.1 Å². The van der Waals surface area contributed by atoms with Gasteiger partial charge in [-0.2, -0.15) is 0 Å². The van der Waals surface area contributed by atoms with Crippen LogP contribution in [0.4, 0.5) is 5.69 Å².